The third-order valence-corrected chi connectivity index (χ3v) is 6.40. The van der Waals surface area contributed by atoms with Crippen molar-refractivity contribution in [2.75, 3.05) is 10.6 Å². The molecule has 0 unspecified atom stereocenters. The summed E-state index contributed by atoms with van der Waals surface area (Å²) in [6, 6.07) is 20.2. The Hall–Kier alpha value is -4.64. The van der Waals surface area contributed by atoms with Gasteiger partial charge in [0.15, 0.2) is 5.11 Å². The monoisotopic (exact) mass is 563 g/mol. The van der Waals surface area contributed by atoms with Crippen LogP contribution >= 0.6 is 12.2 Å². The second-order valence-electron chi connectivity index (χ2n) is 9.30. The molecule has 204 valence electrons. The molecule has 0 saturated heterocycles. The number of urea groups is 1. The summed E-state index contributed by atoms with van der Waals surface area (Å²) >= 11 is 5.33. The number of carbonyl (C=O) groups is 1. The maximum absolute atomic E-state index is 12.6. The van der Waals surface area contributed by atoms with Gasteiger partial charge in [-0.15, -0.1) is 13.2 Å². The summed E-state index contributed by atoms with van der Waals surface area (Å²) in [6.45, 7) is 4.16. The van der Waals surface area contributed by atoms with Crippen molar-refractivity contribution >= 4 is 51.2 Å². The number of alkyl halides is 3. The lowest BCUT2D eigenvalue weighted by Crippen LogP contribution is -2.37. The topological polar surface area (TPSA) is 79.7 Å². The molecule has 5 rings (SSSR count). The van der Waals surface area contributed by atoms with Crippen LogP contribution < -0.4 is 20.7 Å². The number of amides is 2. The molecule has 0 radical (unpaired) electrons. The number of thiocarbonyl (C=S) groups is 1. The Morgan fingerprint density at radius 1 is 1.00 bits per heavy atom. The van der Waals surface area contributed by atoms with Crippen molar-refractivity contribution in [2.24, 2.45) is 0 Å². The Kier molecular flexibility index (Phi) is 7.31. The second-order valence-corrected chi connectivity index (χ2v) is 9.71. The highest BCUT2D eigenvalue weighted by molar-refractivity contribution is 7.80. The molecule has 2 amide bonds. The van der Waals surface area contributed by atoms with Crippen LogP contribution in [-0.2, 0) is 0 Å². The molecule has 3 aromatic carbocycles. The molecule has 0 aliphatic rings. The second kappa shape index (κ2) is 10.9. The molecular formula is C29H24F3N5O2S. The summed E-state index contributed by atoms with van der Waals surface area (Å²) in [7, 11) is 0. The molecular weight excluding hydrogens is 539 g/mol. The van der Waals surface area contributed by atoms with Crippen LogP contribution in [0.4, 0.5) is 29.3 Å². The number of aromatic nitrogens is 2. The summed E-state index contributed by atoms with van der Waals surface area (Å²) in [6.07, 6.45) is -1.28. The number of hydrogen-bond donors (Lipinski definition) is 3. The minimum Gasteiger partial charge on any atom is -0.406 e. The highest BCUT2D eigenvalue weighted by atomic mass is 32.1. The van der Waals surface area contributed by atoms with Gasteiger partial charge in [0.2, 0.25) is 0 Å². The van der Waals surface area contributed by atoms with E-state index in [4.69, 9.17) is 12.2 Å². The number of para-hydroxylation sites is 1. The number of imidazole rings is 1. The van der Waals surface area contributed by atoms with E-state index in [2.05, 4.69) is 39.5 Å². The highest BCUT2D eigenvalue weighted by Gasteiger charge is 2.31. The van der Waals surface area contributed by atoms with Crippen molar-refractivity contribution in [3.63, 3.8) is 0 Å². The molecule has 40 heavy (non-hydrogen) atoms. The Balaban J connectivity index is 1.30. The summed E-state index contributed by atoms with van der Waals surface area (Å²) in [4.78, 5) is 17.1. The average Bonchev–Trinajstić information content (AvgIpc) is 3.32. The number of fused-ring (bicyclic) bond motifs is 3. The van der Waals surface area contributed by atoms with E-state index in [1.165, 1.54) is 12.1 Å². The largest absolute Gasteiger partial charge is 0.573 e. The summed E-state index contributed by atoms with van der Waals surface area (Å²) in [5.41, 5.74) is 4.53. The first-order chi connectivity index (χ1) is 19.1. The van der Waals surface area contributed by atoms with Gasteiger partial charge in [-0.25, -0.2) is 9.78 Å². The molecule has 11 heteroatoms. The van der Waals surface area contributed by atoms with E-state index in [1.54, 1.807) is 24.4 Å². The predicted molar refractivity (Wildman–Crippen MR) is 154 cm³/mol. The maximum atomic E-state index is 12.6. The maximum Gasteiger partial charge on any atom is 0.573 e. The lowest BCUT2D eigenvalue weighted by atomic mass is 10.0. The van der Waals surface area contributed by atoms with Crippen molar-refractivity contribution in [3.8, 4) is 17.0 Å². The molecule has 0 atom stereocenters. The van der Waals surface area contributed by atoms with Crippen molar-refractivity contribution in [1.82, 2.24) is 14.7 Å². The van der Waals surface area contributed by atoms with Crippen LogP contribution in [0.2, 0.25) is 0 Å². The molecule has 5 aromatic rings. The first-order valence-electron chi connectivity index (χ1n) is 12.3. The van der Waals surface area contributed by atoms with Gasteiger partial charge in [-0.1, -0.05) is 32.0 Å². The van der Waals surface area contributed by atoms with Crippen LogP contribution in [0.3, 0.4) is 0 Å². The summed E-state index contributed by atoms with van der Waals surface area (Å²) in [5.74, 6) is -0.00882. The SMILES string of the molecule is CC(C)c1ccccc1NC(=S)NC(=O)Nc1ccc2c(ccn3c(-c4ccc(OC(F)(F)F)cc4)cnc23)c1. The summed E-state index contributed by atoms with van der Waals surface area (Å²) in [5, 5.41) is 10.4. The van der Waals surface area contributed by atoms with E-state index in [1.807, 2.05) is 53.1 Å². The molecule has 0 bridgehead atoms. The minimum absolute atomic E-state index is 0.177. The van der Waals surface area contributed by atoms with Gasteiger partial charge in [-0.05, 0) is 83.7 Å². The molecule has 0 aliphatic heterocycles. The van der Waals surface area contributed by atoms with Gasteiger partial charge in [0.25, 0.3) is 0 Å². The zero-order valence-electron chi connectivity index (χ0n) is 21.4. The van der Waals surface area contributed by atoms with Crippen LogP contribution in [0, 0.1) is 0 Å². The van der Waals surface area contributed by atoms with E-state index in [-0.39, 0.29) is 16.8 Å². The van der Waals surface area contributed by atoms with E-state index >= 15 is 0 Å². The van der Waals surface area contributed by atoms with E-state index < -0.39 is 12.4 Å². The van der Waals surface area contributed by atoms with Crippen LogP contribution in [0.5, 0.6) is 5.75 Å². The number of rotatable bonds is 5. The van der Waals surface area contributed by atoms with Gasteiger partial charge in [-0.3, -0.25) is 9.72 Å². The Labute approximate surface area is 233 Å². The molecule has 3 N–H and O–H groups in total. The van der Waals surface area contributed by atoms with Gasteiger partial charge in [0, 0.05) is 28.5 Å². The first kappa shape index (κ1) is 26.9. The van der Waals surface area contributed by atoms with E-state index in [0.717, 1.165) is 22.0 Å². The number of halogens is 3. The first-order valence-corrected chi connectivity index (χ1v) is 12.7. The smallest absolute Gasteiger partial charge is 0.406 e. The number of hydrogen-bond acceptors (Lipinski definition) is 4. The fraction of sp³-hybridized carbons (Fsp3) is 0.138. The van der Waals surface area contributed by atoms with Gasteiger partial charge in [-0.2, -0.15) is 0 Å². The Bertz CT molecular complexity index is 1720. The zero-order valence-corrected chi connectivity index (χ0v) is 22.2. The van der Waals surface area contributed by atoms with Crippen LogP contribution in [-0.4, -0.2) is 26.9 Å². The number of pyridine rings is 1. The standard InChI is InChI=1S/C29H24F3N5O2S/c1-17(2)22-5-3-4-6-24(22)35-28(40)36-27(38)34-20-9-12-23-19(15-20)13-14-37-25(16-33-26(23)37)18-7-10-21(11-8-18)39-29(30,31)32/h3-17H,1-2H3,(H3,34,35,36,38,40). The fourth-order valence-corrected chi connectivity index (χ4v) is 4.62. The van der Waals surface area contributed by atoms with Crippen LogP contribution in [0.1, 0.15) is 25.3 Å². The molecule has 2 heterocycles. The minimum atomic E-state index is -4.75. The third-order valence-electron chi connectivity index (χ3n) is 6.19. The van der Waals surface area contributed by atoms with Crippen LogP contribution in [0.15, 0.2) is 85.2 Å². The number of carbonyl (C=O) groups excluding carboxylic acids is 1. The zero-order chi connectivity index (χ0) is 28.4. The van der Waals surface area contributed by atoms with E-state index in [9.17, 15) is 18.0 Å². The summed E-state index contributed by atoms with van der Waals surface area (Å²) < 4.78 is 43.2. The quantitative estimate of drug-likeness (QED) is 0.191. The van der Waals surface area contributed by atoms with Gasteiger partial charge in [0.1, 0.15) is 11.4 Å². The lowest BCUT2D eigenvalue weighted by Gasteiger charge is -2.16. The van der Waals surface area contributed by atoms with Crippen molar-refractivity contribution in [3.05, 3.63) is 90.8 Å². The fourth-order valence-electron chi connectivity index (χ4n) is 4.42. The number of nitrogens with one attached hydrogen (secondary N) is 3. The van der Waals surface area contributed by atoms with E-state index in [0.29, 0.717) is 22.6 Å². The molecule has 0 aliphatic carbocycles. The number of nitrogens with zero attached hydrogens (tertiary/aromatic N) is 2. The normalized spacial score (nSPS) is 11.6. The molecule has 0 saturated carbocycles. The Morgan fingerprint density at radius 2 is 1.75 bits per heavy atom. The van der Waals surface area contributed by atoms with Gasteiger partial charge in [0.05, 0.1) is 11.9 Å². The number of benzene rings is 3. The average molecular weight is 564 g/mol. The third kappa shape index (κ3) is 5.99. The van der Waals surface area contributed by atoms with Crippen molar-refractivity contribution in [1.29, 1.82) is 0 Å². The number of anilines is 2. The van der Waals surface area contributed by atoms with Crippen molar-refractivity contribution in [2.45, 2.75) is 26.1 Å². The number of ether oxygens (including phenoxy) is 1. The van der Waals surface area contributed by atoms with Gasteiger partial charge >= 0.3 is 12.4 Å². The molecule has 0 spiro atoms. The Morgan fingerprint density at radius 3 is 2.48 bits per heavy atom. The predicted octanol–water partition coefficient (Wildman–Crippen LogP) is 7.70. The molecule has 0 fully saturated rings. The van der Waals surface area contributed by atoms with Gasteiger partial charge < -0.3 is 15.4 Å². The lowest BCUT2D eigenvalue weighted by molar-refractivity contribution is -0.274. The molecule has 7 nitrogen and oxygen atoms in total. The molecule has 2 aromatic heterocycles. The highest BCUT2D eigenvalue weighted by Crippen LogP contribution is 2.30. The van der Waals surface area contributed by atoms with Crippen LogP contribution in [0.25, 0.3) is 27.7 Å². The van der Waals surface area contributed by atoms with Crippen molar-refractivity contribution < 1.29 is 22.7 Å².